The van der Waals surface area contributed by atoms with Crippen molar-refractivity contribution in [3.63, 3.8) is 0 Å². The molecule has 8 nitrogen and oxygen atoms in total. The van der Waals surface area contributed by atoms with E-state index in [1.54, 1.807) is 18.0 Å². The Balaban J connectivity index is 1.59. The van der Waals surface area contributed by atoms with E-state index in [-0.39, 0.29) is 31.0 Å². The normalized spacial score (nSPS) is 15.8. The number of H-pyrrole nitrogens is 1. The molecule has 2 heterocycles. The van der Waals surface area contributed by atoms with Gasteiger partial charge in [0.15, 0.2) is 11.8 Å². The first-order chi connectivity index (χ1) is 16.7. The largest absolute Gasteiger partial charge is 0.489 e. The lowest BCUT2D eigenvalue weighted by atomic mass is 10.0. The van der Waals surface area contributed by atoms with Crippen molar-refractivity contribution in [3.05, 3.63) is 69.9 Å². The van der Waals surface area contributed by atoms with E-state index in [4.69, 9.17) is 14.3 Å². The number of carbonyl (C=O) groups is 1. The first kappa shape index (κ1) is 24.0. The summed E-state index contributed by atoms with van der Waals surface area (Å²) in [6.45, 7) is 1.97. The number of hydrogen-bond acceptors (Lipinski definition) is 7. The number of oxime groups is 1. The summed E-state index contributed by atoms with van der Waals surface area (Å²) in [5, 5.41) is 5.40. The molecule has 0 fully saturated rings. The van der Waals surface area contributed by atoms with Crippen LogP contribution in [0, 0.1) is 0 Å². The number of rotatable bonds is 7. The van der Waals surface area contributed by atoms with Gasteiger partial charge >= 0.3 is 17.8 Å². The molecule has 0 aliphatic carbocycles. The van der Waals surface area contributed by atoms with E-state index in [1.807, 2.05) is 30.3 Å². The van der Waals surface area contributed by atoms with E-state index in [2.05, 4.69) is 10.1 Å². The Morgan fingerprint density at radius 2 is 2.03 bits per heavy atom. The fourth-order valence-corrected chi connectivity index (χ4v) is 3.49. The molecule has 0 saturated carbocycles. The predicted octanol–water partition coefficient (Wildman–Crippen LogP) is 4.20. The maximum atomic E-state index is 13.1. The smallest absolute Gasteiger partial charge is 0.431 e. The van der Waals surface area contributed by atoms with Gasteiger partial charge in [0, 0.05) is 12.0 Å². The van der Waals surface area contributed by atoms with E-state index in [9.17, 15) is 22.8 Å². The lowest BCUT2D eigenvalue weighted by Gasteiger charge is -2.14. The Hall–Kier alpha value is -4.15. The van der Waals surface area contributed by atoms with Gasteiger partial charge in [-0.05, 0) is 42.0 Å². The highest BCUT2D eigenvalue weighted by atomic mass is 19.4. The van der Waals surface area contributed by atoms with Crippen LogP contribution in [0.3, 0.4) is 0 Å². The third-order valence-electron chi connectivity index (χ3n) is 5.09. The van der Waals surface area contributed by atoms with Crippen molar-refractivity contribution in [1.82, 2.24) is 9.97 Å². The standard InChI is InChI=1S/C24H20F3N3O5/c1-2-33-22(31)19-12-16(35-30-19)13-34-20-10-7-14-5-3-4-6-17(14)18(20)9-8-15-11-21(24(25,26)27)29-23(32)28-15/h3-11,16H,2,12-13H2,1H3,(H,28,29,32). The number of halogens is 3. The zero-order valence-electron chi connectivity index (χ0n) is 18.5. The number of nitrogens with zero attached hydrogens (tertiary/aromatic N) is 2. The van der Waals surface area contributed by atoms with Crippen LogP contribution in [0.1, 0.15) is 30.3 Å². The summed E-state index contributed by atoms with van der Waals surface area (Å²) in [4.78, 5) is 34.0. The first-order valence-electron chi connectivity index (χ1n) is 10.7. The molecule has 2 aromatic carbocycles. The second-order valence-corrected chi connectivity index (χ2v) is 7.56. The fourth-order valence-electron chi connectivity index (χ4n) is 3.49. The van der Waals surface area contributed by atoms with Gasteiger partial charge in [0.05, 0.1) is 12.3 Å². The van der Waals surface area contributed by atoms with Gasteiger partial charge in [0.25, 0.3) is 0 Å². The lowest BCUT2D eigenvalue weighted by Crippen LogP contribution is -2.22. The second kappa shape index (κ2) is 10.00. The van der Waals surface area contributed by atoms with Crippen LogP contribution < -0.4 is 10.4 Å². The van der Waals surface area contributed by atoms with Gasteiger partial charge in [-0.25, -0.2) is 9.59 Å². The molecule has 1 unspecified atom stereocenters. The Kier molecular flexibility index (Phi) is 6.85. The second-order valence-electron chi connectivity index (χ2n) is 7.56. The van der Waals surface area contributed by atoms with Gasteiger partial charge in [-0.1, -0.05) is 35.5 Å². The number of ether oxygens (including phenoxy) is 2. The van der Waals surface area contributed by atoms with Crippen LogP contribution in [-0.4, -0.2) is 41.0 Å². The Labute approximate surface area is 197 Å². The number of fused-ring (bicyclic) bond motifs is 1. The minimum Gasteiger partial charge on any atom is -0.489 e. The molecule has 1 N–H and O–H groups in total. The summed E-state index contributed by atoms with van der Waals surface area (Å²) in [6.07, 6.45) is -2.16. The van der Waals surface area contributed by atoms with Crippen LogP contribution in [0.4, 0.5) is 13.2 Å². The molecule has 1 aliphatic rings. The molecule has 1 aliphatic heterocycles. The number of esters is 1. The number of carbonyl (C=O) groups excluding carboxylic acids is 1. The molecule has 0 spiro atoms. The van der Waals surface area contributed by atoms with E-state index >= 15 is 0 Å². The summed E-state index contributed by atoms with van der Waals surface area (Å²) in [7, 11) is 0. The molecule has 1 atom stereocenters. The van der Waals surface area contributed by atoms with Crippen LogP contribution in [0.15, 0.2) is 52.4 Å². The number of hydrogen-bond donors (Lipinski definition) is 1. The molecular formula is C24H20F3N3O5. The van der Waals surface area contributed by atoms with Crippen molar-refractivity contribution in [2.75, 3.05) is 13.2 Å². The van der Waals surface area contributed by atoms with Crippen LogP contribution in [0.5, 0.6) is 5.75 Å². The van der Waals surface area contributed by atoms with Crippen LogP contribution in [0.25, 0.3) is 22.9 Å². The molecule has 182 valence electrons. The molecule has 1 aromatic heterocycles. The van der Waals surface area contributed by atoms with Gasteiger partial charge in [0.1, 0.15) is 18.1 Å². The topological polar surface area (TPSA) is 103 Å². The van der Waals surface area contributed by atoms with Gasteiger partial charge < -0.3 is 19.3 Å². The molecule has 11 heteroatoms. The Bertz CT molecular complexity index is 1360. The minimum absolute atomic E-state index is 0.0626. The number of nitrogens with one attached hydrogen (secondary N) is 1. The quantitative estimate of drug-likeness (QED) is 0.501. The molecule has 3 aromatic rings. The SMILES string of the molecule is CCOC(=O)C1=NOC(COc2ccc3ccccc3c2C=Cc2cc(C(F)(F)F)[nH]c(=O)n2)C1. The van der Waals surface area contributed by atoms with Gasteiger partial charge in [-0.2, -0.15) is 18.2 Å². The zero-order valence-corrected chi connectivity index (χ0v) is 18.5. The Morgan fingerprint density at radius 1 is 1.23 bits per heavy atom. The molecule has 0 bridgehead atoms. The lowest BCUT2D eigenvalue weighted by molar-refractivity contribution is -0.141. The molecule has 35 heavy (non-hydrogen) atoms. The van der Waals surface area contributed by atoms with Crippen molar-refractivity contribution < 1.29 is 32.3 Å². The number of aromatic amines is 1. The van der Waals surface area contributed by atoms with Crippen LogP contribution in [-0.2, 0) is 20.5 Å². The molecule has 4 rings (SSSR count). The maximum absolute atomic E-state index is 13.1. The number of alkyl halides is 3. The summed E-state index contributed by atoms with van der Waals surface area (Å²) in [5.41, 5.74) is -1.72. The maximum Gasteiger partial charge on any atom is 0.431 e. The van der Waals surface area contributed by atoms with E-state index < -0.39 is 29.6 Å². The first-order valence-corrected chi connectivity index (χ1v) is 10.7. The summed E-state index contributed by atoms with van der Waals surface area (Å²) >= 11 is 0. The highest BCUT2D eigenvalue weighted by Crippen LogP contribution is 2.31. The van der Waals surface area contributed by atoms with Gasteiger partial charge in [-0.15, -0.1) is 0 Å². The van der Waals surface area contributed by atoms with Crippen molar-refractivity contribution >= 4 is 34.6 Å². The summed E-state index contributed by atoms with van der Waals surface area (Å²) in [6, 6.07) is 11.7. The van der Waals surface area contributed by atoms with Gasteiger partial charge in [-0.3, -0.25) is 0 Å². The fraction of sp³-hybridized carbons (Fsp3) is 0.250. The number of benzene rings is 2. The molecule has 0 amide bonds. The van der Waals surface area contributed by atoms with E-state index in [0.717, 1.165) is 16.8 Å². The Morgan fingerprint density at radius 3 is 2.80 bits per heavy atom. The predicted molar refractivity (Wildman–Crippen MR) is 122 cm³/mol. The third kappa shape index (κ3) is 5.68. The van der Waals surface area contributed by atoms with Crippen LogP contribution >= 0.6 is 0 Å². The molecule has 0 radical (unpaired) electrons. The van der Waals surface area contributed by atoms with Crippen molar-refractivity contribution in [2.45, 2.75) is 25.6 Å². The molecule has 0 saturated heterocycles. The van der Waals surface area contributed by atoms with E-state index in [1.165, 1.54) is 12.2 Å². The van der Waals surface area contributed by atoms with Crippen LogP contribution in [0.2, 0.25) is 0 Å². The average molecular weight is 487 g/mol. The van der Waals surface area contributed by atoms with Crippen molar-refractivity contribution in [3.8, 4) is 5.75 Å². The summed E-state index contributed by atoms with van der Waals surface area (Å²) < 4.78 is 50.0. The monoisotopic (exact) mass is 487 g/mol. The number of aromatic nitrogens is 2. The zero-order chi connectivity index (χ0) is 25.0. The van der Waals surface area contributed by atoms with Crippen molar-refractivity contribution in [1.29, 1.82) is 0 Å². The minimum atomic E-state index is -4.72. The highest BCUT2D eigenvalue weighted by Gasteiger charge is 2.32. The average Bonchev–Trinajstić information content (AvgIpc) is 3.30. The van der Waals surface area contributed by atoms with Crippen molar-refractivity contribution in [2.24, 2.45) is 5.16 Å². The van der Waals surface area contributed by atoms with Gasteiger partial charge in [0.2, 0.25) is 0 Å². The van der Waals surface area contributed by atoms with E-state index in [0.29, 0.717) is 11.3 Å². The summed E-state index contributed by atoms with van der Waals surface area (Å²) in [5.74, 6) is -0.123. The third-order valence-corrected chi connectivity index (χ3v) is 5.09. The molecular weight excluding hydrogens is 467 g/mol. The highest BCUT2D eigenvalue weighted by molar-refractivity contribution is 6.36.